The summed E-state index contributed by atoms with van der Waals surface area (Å²) < 4.78 is 26.6. The average Bonchev–Trinajstić information content (AvgIpc) is 2.36. The average molecular weight is 254 g/mol. The van der Waals surface area contributed by atoms with Gasteiger partial charge in [0.1, 0.15) is 0 Å². The molecule has 0 aromatic heterocycles. The van der Waals surface area contributed by atoms with E-state index in [1.807, 2.05) is 4.90 Å². The van der Waals surface area contributed by atoms with E-state index in [1.165, 1.54) is 6.07 Å². The zero-order chi connectivity index (χ0) is 13.1. The Morgan fingerprint density at radius 3 is 2.50 bits per heavy atom. The number of nitrogens with zero attached hydrogens (tertiary/aromatic N) is 2. The smallest absolute Gasteiger partial charge is 0.219 e. The van der Waals surface area contributed by atoms with Crippen LogP contribution >= 0.6 is 0 Å². The third kappa shape index (κ3) is 2.85. The molecule has 3 nitrogen and oxygen atoms in total. The molecule has 1 aliphatic rings. The summed E-state index contributed by atoms with van der Waals surface area (Å²) in [5.41, 5.74) is 0.367. The number of amides is 1. The Balaban J connectivity index is 1.96. The largest absolute Gasteiger partial charge is 0.340 e. The standard InChI is InChI=1S/C13H16F2N2O/c1-10(18)17-7-5-16(6-8-17)9-11-3-2-4-12(14)13(11)15/h2-4H,5-9H2,1H3. The normalized spacial score (nSPS) is 16.9. The first-order valence-electron chi connectivity index (χ1n) is 5.98. The molecule has 1 amide bonds. The van der Waals surface area contributed by atoms with E-state index in [1.54, 1.807) is 17.9 Å². The van der Waals surface area contributed by atoms with Gasteiger partial charge in [0.25, 0.3) is 0 Å². The number of hydrogen-bond donors (Lipinski definition) is 0. The SMILES string of the molecule is CC(=O)N1CCN(Cc2cccc(F)c2F)CC1. The fraction of sp³-hybridized carbons (Fsp3) is 0.462. The van der Waals surface area contributed by atoms with E-state index in [2.05, 4.69) is 0 Å². The fourth-order valence-electron chi connectivity index (χ4n) is 2.13. The minimum absolute atomic E-state index is 0.0617. The number of benzene rings is 1. The highest BCUT2D eigenvalue weighted by molar-refractivity contribution is 5.73. The molecule has 1 fully saturated rings. The lowest BCUT2D eigenvalue weighted by Gasteiger charge is -2.34. The molecule has 1 heterocycles. The van der Waals surface area contributed by atoms with E-state index in [0.29, 0.717) is 38.3 Å². The molecule has 98 valence electrons. The van der Waals surface area contributed by atoms with Gasteiger partial charge in [-0.15, -0.1) is 0 Å². The van der Waals surface area contributed by atoms with E-state index in [0.717, 1.165) is 6.07 Å². The van der Waals surface area contributed by atoms with Gasteiger partial charge in [-0.3, -0.25) is 9.69 Å². The molecule has 1 aromatic rings. The van der Waals surface area contributed by atoms with E-state index < -0.39 is 11.6 Å². The monoisotopic (exact) mass is 254 g/mol. The molecule has 0 atom stereocenters. The van der Waals surface area contributed by atoms with Gasteiger partial charge in [-0.25, -0.2) is 8.78 Å². The Bertz CT molecular complexity index is 443. The van der Waals surface area contributed by atoms with Crippen LogP contribution in [-0.2, 0) is 11.3 Å². The summed E-state index contributed by atoms with van der Waals surface area (Å²) in [6.45, 7) is 4.60. The molecule has 18 heavy (non-hydrogen) atoms. The lowest BCUT2D eigenvalue weighted by Crippen LogP contribution is -2.47. The molecule has 0 saturated carbocycles. The number of halogens is 2. The zero-order valence-corrected chi connectivity index (χ0v) is 10.3. The highest BCUT2D eigenvalue weighted by atomic mass is 19.2. The second-order valence-electron chi connectivity index (χ2n) is 4.50. The highest BCUT2D eigenvalue weighted by Gasteiger charge is 2.19. The third-order valence-corrected chi connectivity index (χ3v) is 3.24. The van der Waals surface area contributed by atoms with E-state index in [-0.39, 0.29) is 5.91 Å². The van der Waals surface area contributed by atoms with E-state index in [9.17, 15) is 13.6 Å². The molecule has 0 spiro atoms. The van der Waals surface area contributed by atoms with Crippen molar-refractivity contribution in [1.82, 2.24) is 9.80 Å². The molecule has 0 unspecified atom stereocenters. The van der Waals surface area contributed by atoms with Gasteiger partial charge in [0.15, 0.2) is 11.6 Å². The Labute approximate surface area is 105 Å². The van der Waals surface area contributed by atoms with E-state index in [4.69, 9.17) is 0 Å². The second-order valence-corrected chi connectivity index (χ2v) is 4.50. The summed E-state index contributed by atoms with van der Waals surface area (Å²) >= 11 is 0. The summed E-state index contributed by atoms with van der Waals surface area (Å²) in [4.78, 5) is 14.9. The van der Waals surface area contributed by atoms with Gasteiger partial charge < -0.3 is 4.90 Å². The Hall–Kier alpha value is -1.49. The van der Waals surface area contributed by atoms with Gasteiger partial charge in [-0.2, -0.15) is 0 Å². The summed E-state index contributed by atoms with van der Waals surface area (Å²) in [6.07, 6.45) is 0. The maximum Gasteiger partial charge on any atom is 0.219 e. The lowest BCUT2D eigenvalue weighted by molar-refractivity contribution is -0.130. The number of hydrogen-bond acceptors (Lipinski definition) is 2. The lowest BCUT2D eigenvalue weighted by atomic mass is 10.1. The van der Waals surface area contributed by atoms with Crippen LogP contribution in [0.2, 0.25) is 0 Å². The quantitative estimate of drug-likeness (QED) is 0.801. The van der Waals surface area contributed by atoms with Crippen LogP contribution in [-0.4, -0.2) is 41.9 Å². The van der Waals surface area contributed by atoms with Crippen molar-refractivity contribution in [1.29, 1.82) is 0 Å². The topological polar surface area (TPSA) is 23.6 Å². The van der Waals surface area contributed by atoms with Gasteiger partial charge in [0.05, 0.1) is 0 Å². The minimum atomic E-state index is -0.810. The molecule has 0 N–H and O–H groups in total. The summed E-state index contributed by atoms with van der Waals surface area (Å²) in [5, 5.41) is 0. The first kappa shape index (κ1) is 13.0. The predicted molar refractivity (Wildman–Crippen MR) is 63.9 cm³/mol. The van der Waals surface area contributed by atoms with Gasteiger partial charge in [-0.1, -0.05) is 12.1 Å². The molecular formula is C13H16F2N2O. The maximum atomic E-state index is 13.5. The number of piperazine rings is 1. The summed E-state index contributed by atoms with van der Waals surface area (Å²) in [5.74, 6) is -1.52. The van der Waals surface area contributed by atoms with Crippen LogP contribution in [0.3, 0.4) is 0 Å². The van der Waals surface area contributed by atoms with Gasteiger partial charge in [0, 0.05) is 45.2 Å². The van der Waals surface area contributed by atoms with Crippen molar-refractivity contribution in [2.24, 2.45) is 0 Å². The first-order chi connectivity index (χ1) is 8.58. The van der Waals surface area contributed by atoms with E-state index >= 15 is 0 Å². The van der Waals surface area contributed by atoms with Gasteiger partial charge in [-0.05, 0) is 6.07 Å². The van der Waals surface area contributed by atoms with Crippen molar-refractivity contribution >= 4 is 5.91 Å². The van der Waals surface area contributed by atoms with Crippen molar-refractivity contribution < 1.29 is 13.6 Å². The van der Waals surface area contributed by atoms with Crippen molar-refractivity contribution in [3.05, 3.63) is 35.4 Å². The third-order valence-electron chi connectivity index (χ3n) is 3.24. The molecule has 0 aliphatic carbocycles. The van der Waals surface area contributed by atoms with Crippen LogP contribution in [0, 0.1) is 11.6 Å². The molecule has 5 heteroatoms. The molecule has 1 aromatic carbocycles. The number of carbonyl (C=O) groups excluding carboxylic acids is 1. The Kier molecular flexibility index (Phi) is 3.91. The molecule has 0 bridgehead atoms. The van der Waals surface area contributed by atoms with Crippen molar-refractivity contribution in [3.63, 3.8) is 0 Å². The van der Waals surface area contributed by atoms with Gasteiger partial charge >= 0.3 is 0 Å². The molecular weight excluding hydrogens is 238 g/mol. The van der Waals surface area contributed by atoms with Crippen LogP contribution in [0.15, 0.2) is 18.2 Å². The van der Waals surface area contributed by atoms with Crippen LogP contribution in [0.1, 0.15) is 12.5 Å². The summed E-state index contributed by atoms with van der Waals surface area (Å²) in [7, 11) is 0. The van der Waals surface area contributed by atoms with Crippen LogP contribution in [0.5, 0.6) is 0 Å². The zero-order valence-electron chi connectivity index (χ0n) is 10.3. The molecule has 2 rings (SSSR count). The van der Waals surface area contributed by atoms with Crippen molar-refractivity contribution in [2.45, 2.75) is 13.5 Å². The number of carbonyl (C=O) groups is 1. The maximum absolute atomic E-state index is 13.5. The van der Waals surface area contributed by atoms with Crippen LogP contribution in [0.25, 0.3) is 0 Å². The first-order valence-corrected chi connectivity index (χ1v) is 5.98. The van der Waals surface area contributed by atoms with Crippen LogP contribution in [0.4, 0.5) is 8.78 Å². The molecule has 1 saturated heterocycles. The Morgan fingerprint density at radius 2 is 1.89 bits per heavy atom. The van der Waals surface area contributed by atoms with Crippen molar-refractivity contribution in [3.8, 4) is 0 Å². The number of rotatable bonds is 2. The fourth-order valence-corrected chi connectivity index (χ4v) is 2.13. The second kappa shape index (κ2) is 5.44. The molecule has 0 radical (unpaired) electrons. The highest BCUT2D eigenvalue weighted by Crippen LogP contribution is 2.14. The predicted octanol–water partition coefficient (Wildman–Crippen LogP) is 1.63. The van der Waals surface area contributed by atoms with Crippen LogP contribution < -0.4 is 0 Å². The molecule has 1 aliphatic heterocycles. The van der Waals surface area contributed by atoms with Crippen molar-refractivity contribution in [2.75, 3.05) is 26.2 Å². The van der Waals surface area contributed by atoms with Gasteiger partial charge in [0.2, 0.25) is 5.91 Å². The summed E-state index contributed by atoms with van der Waals surface area (Å²) in [6, 6.07) is 4.22. The Morgan fingerprint density at radius 1 is 1.22 bits per heavy atom. The minimum Gasteiger partial charge on any atom is -0.340 e.